The van der Waals surface area contributed by atoms with Gasteiger partial charge in [0, 0.05) is 37.2 Å². The molecule has 0 aliphatic carbocycles. The van der Waals surface area contributed by atoms with Gasteiger partial charge in [-0.25, -0.2) is 0 Å². The Balaban J connectivity index is 1.08. The normalized spacial score (nSPS) is 11.5. The van der Waals surface area contributed by atoms with E-state index in [1.54, 1.807) is 0 Å². The Morgan fingerprint density at radius 2 is 0.865 bits per heavy atom. The molecule has 0 aliphatic heterocycles. The van der Waals surface area contributed by atoms with Crippen LogP contribution in [0, 0.1) is 0 Å². The van der Waals surface area contributed by atoms with Gasteiger partial charge in [-0.2, -0.15) is 0 Å². The summed E-state index contributed by atoms with van der Waals surface area (Å²) in [6.07, 6.45) is 0. The highest BCUT2D eigenvalue weighted by atomic mass is 32.1. The molecule has 10 rings (SSSR count). The molecule has 0 atom stereocenters. The molecule has 9 aromatic carbocycles. The Morgan fingerprint density at radius 3 is 1.65 bits per heavy atom. The molecule has 0 saturated carbocycles. The third kappa shape index (κ3) is 5.33. The Labute approximate surface area is 307 Å². The van der Waals surface area contributed by atoms with Gasteiger partial charge >= 0.3 is 0 Å². The summed E-state index contributed by atoms with van der Waals surface area (Å²) in [4.78, 5) is 2.37. The summed E-state index contributed by atoms with van der Waals surface area (Å²) in [5.41, 5.74) is 10.7. The third-order valence-electron chi connectivity index (χ3n) is 10.2. The van der Waals surface area contributed by atoms with Gasteiger partial charge in [0.2, 0.25) is 0 Å². The van der Waals surface area contributed by atoms with Crippen LogP contribution in [0.4, 0.5) is 17.1 Å². The molecule has 0 bridgehead atoms. The van der Waals surface area contributed by atoms with E-state index < -0.39 is 0 Å². The maximum absolute atomic E-state index is 2.37. The monoisotopic (exact) mass is 679 g/mol. The van der Waals surface area contributed by atoms with E-state index in [-0.39, 0.29) is 0 Å². The third-order valence-corrected chi connectivity index (χ3v) is 11.4. The van der Waals surface area contributed by atoms with Crippen LogP contribution >= 0.6 is 11.3 Å². The van der Waals surface area contributed by atoms with Crippen LogP contribution in [-0.4, -0.2) is 0 Å². The second-order valence-corrected chi connectivity index (χ2v) is 14.4. The van der Waals surface area contributed by atoms with E-state index in [1.807, 2.05) is 11.3 Å². The highest BCUT2D eigenvalue weighted by Crippen LogP contribution is 2.43. The Hall–Kier alpha value is -6.48. The van der Waals surface area contributed by atoms with Crippen molar-refractivity contribution in [3.05, 3.63) is 200 Å². The standard InChI is InChI=1S/C50H33NS/c1-2-11-34(12-3-1)35-23-27-41(28-24-35)51(43-18-8-17-40(31-43)45-20-9-16-36-13-6-7-19-44(36)45)42-29-25-37(26-30-42)46-21-10-22-47-48-32-38-14-4-5-15-39(38)33-49(48)52-50(46)47/h1-33H. The Bertz CT molecular complexity index is 2880. The largest absolute Gasteiger partial charge is 0.310 e. The molecule has 0 N–H and O–H groups in total. The molecule has 0 saturated heterocycles. The zero-order chi connectivity index (χ0) is 34.4. The van der Waals surface area contributed by atoms with Gasteiger partial charge in [-0.05, 0) is 103 Å². The van der Waals surface area contributed by atoms with Crippen LogP contribution in [0.3, 0.4) is 0 Å². The number of fused-ring (bicyclic) bond motifs is 5. The van der Waals surface area contributed by atoms with Crippen molar-refractivity contribution in [1.29, 1.82) is 0 Å². The van der Waals surface area contributed by atoms with Crippen molar-refractivity contribution >= 4 is 70.1 Å². The fourth-order valence-corrected chi connectivity index (χ4v) is 8.94. The lowest BCUT2D eigenvalue weighted by Crippen LogP contribution is -2.10. The summed E-state index contributed by atoms with van der Waals surface area (Å²) in [6.45, 7) is 0. The number of nitrogens with zero attached hydrogens (tertiary/aromatic N) is 1. The second kappa shape index (κ2) is 12.7. The SMILES string of the molecule is c1ccc(-c2ccc(N(c3ccc(-c4cccc5c4sc4cc6ccccc6cc45)cc3)c3cccc(-c4cccc5ccccc45)c3)cc2)cc1. The fourth-order valence-electron chi connectivity index (χ4n) is 7.67. The van der Waals surface area contributed by atoms with Crippen molar-refractivity contribution in [2.45, 2.75) is 0 Å². The van der Waals surface area contributed by atoms with Crippen LogP contribution in [0.25, 0.3) is 75.1 Å². The molecule has 1 heterocycles. The van der Waals surface area contributed by atoms with Crippen LogP contribution in [0.15, 0.2) is 200 Å². The van der Waals surface area contributed by atoms with E-state index in [4.69, 9.17) is 0 Å². The number of rotatable bonds is 6. The van der Waals surface area contributed by atoms with E-state index in [9.17, 15) is 0 Å². The summed E-state index contributed by atoms with van der Waals surface area (Å²) in [7, 11) is 0. The molecular weight excluding hydrogens is 647 g/mol. The lowest BCUT2D eigenvalue weighted by Gasteiger charge is -2.26. The summed E-state index contributed by atoms with van der Waals surface area (Å²) in [5.74, 6) is 0. The molecule has 10 aromatic rings. The van der Waals surface area contributed by atoms with E-state index in [0.29, 0.717) is 0 Å². The fraction of sp³-hybridized carbons (Fsp3) is 0. The molecule has 0 radical (unpaired) electrons. The van der Waals surface area contributed by atoms with Crippen molar-refractivity contribution in [2.75, 3.05) is 4.90 Å². The van der Waals surface area contributed by atoms with Gasteiger partial charge in [0.1, 0.15) is 0 Å². The maximum Gasteiger partial charge on any atom is 0.0467 e. The van der Waals surface area contributed by atoms with Gasteiger partial charge in [-0.3, -0.25) is 0 Å². The molecule has 1 nitrogen and oxygen atoms in total. The molecule has 52 heavy (non-hydrogen) atoms. The van der Waals surface area contributed by atoms with Crippen molar-refractivity contribution in [2.24, 2.45) is 0 Å². The molecule has 1 aromatic heterocycles. The van der Waals surface area contributed by atoms with E-state index in [1.165, 1.54) is 75.1 Å². The van der Waals surface area contributed by atoms with Crippen molar-refractivity contribution in [3.63, 3.8) is 0 Å². The van der Waals surface area contributed by atoms with E-state index in [2.05, 4.69) is 205 Å². The maximum atomic E-state index is 2.37. The zero-order valence-electron chi connectivity index (χ0n) is 28.4. The summed E-state index contributed by atoms with van der Waals surface area (Å²) in [6, 6.07) is 72.9. The topological polar surface area (TPSA) is 3.24 Å². The van der Waals surface area contributed by atoms with Gasteiger partial charge in [0.25, 0.3) is 0 Å². The number of benzene rings is 9. The quantitative estimate of drug-likeness (QED) is 0.169. The van der Waals surface area contributed by atoms with Crippen molar-refractivity contribution in [3.8, 4) is 33.4 Å². The molecular formula is C50H33NS. The molecule has 244 valence electrons. The predicted octanol–water partition coefficient (Wildman–Crippen LogP) is 14.8. The number of hydrogen-bond donors (Lipinski definition) is 0. The number of anilines is 3. The lowest BCUT2D eigenvalue weighted by molar-refractivity contribution is 1.28. The average Bonchev–Trinajstić information content (AvgIpc) is 3.58. The predicted molar refractivity (Wildman–Crippen MR) is 225 cm³/mol. The smallest absolute Gasteiger partial charge is 0.0467 e. The molecule has 0 aliphatic rings. The first-order valence-electron chi connectivity index (χ1n) is 17.8. The van der Waals surface area contributed by atoms with Crippen molar-refractivity contribution in [1.82, 2.24) is 0 Å². The Morgan fingerprint density at radius 1 is 0.308 bits per heavy atom. The highest BCUT2D eigenvalue weighted by Gasteiger charge is 2.16. The molecule has 2 heteroatoms. The van der Waals surface area contributed by atoms with Crippen LogP contribution < -0.4 is 4.90 Å². The van der Waals surface area contributed by atoms with Crippen LogP contribution in [0.5, 0.6) is 0 Å². The molecule has 0 amide bonds. The van der Waals surface area contributed by atoms with E-state index in [0.717, 1.165) is 17.1 Å². The lowest BCUT2D eigenvalue weighted by atomic mass is 9.97. The van der Waals surface area contributed by atoms with Gasteiger partial charge in [-0.15, -0.1) is 11.3 Å². The van der Waals surface area contributed by atoms with Crippen LogP contribution in [0.2, 0.25) is 0 Å². The van der Waals surface area contributed by atoms with Crippen LogP contribution in [-0.2, 0) is 0 Å². The number of hydrogen-bond acceptors (Lipinski definition) is 2. The Kier molecular flexibility index (Phi) is 7.41. The average molecular weight is 680 g/mol. The first kappa shape index (κ1) is 30.4. The number of thiophene rings is 1. The summed E-state index contributed by atoms with van der Waals surface area (Å²) in [5, 5.41) is 7.72. The molecule has 0 spiro atoms. The summed E-state index contributed by atoms with van der Waals surface area (Å²) >= 11 is 1.89. The first-order valence-corrected chi connectivity index (χ1v) is 18.6. The van der Waals surface area contributed by atoms with Gasteiger partial charge in [-0.1, -0.05) is 152 Å². The minimum Gasteiger partial charge on any atom is -0.310 e. The van der Waals surface area contributed by atoms with Gasteiger partial charge < -0.3 is 4.90 Å². The second-order valence-electron chi connectivity index (χ2n) is 13.4. The van der Waals surface area contributed by atoms with Gasteiger partial charge in [0.15, 0.2) is 0 Å². The minimum atomic E-state index is 1.11. The first-order chi connectivity index (χ1) is 25.8. The molecule has 0 fully saturated rings. The molecule has 0 unspecified atom stereocenters. The minimum absolute atomic E-state index is 1.11. The zero-order valence-corrected chi connectivity index (χ0v) is 29.2. The van der Waals surface area contributed by atoms with E-state index >= 15 is 0 Å². The van der Waals surface area contributed by atoms with Gasteiger partial charge in [0.05, 0.1) is 0 Å². The van der Waals surface area contributed by atoms with Crippen LogP contribution in [0.1, 0.15) is 0 Å². The summed E-state index contributed by atoms with van der Waals surface area (Å²) < 4.78 is 2.66. The van der Waals surface area contributed by atoms with Crippen molar-refractivity contribution < 1.29 is 0 Å². The highest BCUT2D eigenvalue weighted by molar-refractivity contribution is 7.26.